The second kappa shape index (κ2) is 17.0. The van der Waals surface area contributed by atoms with Crippen LogP contribution in [0.5, 0.6) is 11.5 Å². The molecule has 2 N–H and O–H groups in total. The third-order valence-electron chi connectivity index (χ3n) is 8.41. The maximum atomic E-state index is 10.8. The Hall–Kier alpha value is -4.15. The van der Waals surface area contributed by atoms with E-state index in [1.807, 2.05) is 30.3 Å². The lowest BCUT2D eigenvalue weighted by Gasteiger charge is -2.28. The molecule has 0 aliphatic carbocycles. The van der Waals surface area contributed by atoms with Crippen molar-refractivity contribution in [2.75, 3.05) is 20.8 Å². The highest BCUT2D eigenvalue weighted by atomic mass is 35.5. The van der Waals surface area contributed by atoms with Crippen LogP contribution in [0.1, 0.15) is 17.5 Å². The Balaban J connectivity index is 0.000000230. The van der Waals surface area contributed by atoms with Crippen molar-refractivity contribution < 1.29 is 31.8 Å². The molecule has 0 amide bonds. The van der Waals surface area contributed by atoms with Gasteiger partial charge in [-0.3, -0.25) is 4.79 Å². The zero-order chi connectivity index (χ0) is 31.5. The molecule has 7 heteroatoms. The molecule has 1 saturated heterocycles. The van der Waals surface area contributed by atoms with Crippen LogP contribution < -0.4 is 43.1 Å². The van der Waals surface area contributed by atoms with Crippen LogP contribution in [-0.2, 0) is 17.4 Å². The number of halogens is 1. The maximum absolute atomic E-state index is 10.8. The van der Waals surface area contributed by atoms with Crippen LogP contribution in [0.15, 0.2) is 140 Å². The van der Waals surface area contributed by atoms with Gasteiger partial charge in [-0.05, 0) is 79.4 Å². The number of benzene rings is 5. The minimum Gasteiger partial charge on any atom is -1.00 e. The Morgan fingerprint density at radius 3 is 1.52 bits per heavy atom. The summed E-state index contributed by atoms with van der Waals surface area (Å²) in [5, 5.41) is 16.1. The van der Waals surface area contributed by atoms with Crippen LogP contribution in [0.2, 0.25) is 0 Å². The highest BCUT2D eigenvalue weighted by molar-refractivity contribution is 7.95. The van der Waals surface area contributed by atoms with Crippen LogP contribution in [-0.4, -0.2) is 37.9 Å². The molecule has 1 heterocycles. The fraction of sp³-hybridized carbons (Fsp3) is 0.205. The SMILES string of the molecule is COc1ccccc1C[C@@H]1CN[C@H](C(=O)O)C1.COc1ccccc1C[P+](c1ccccc1)(c1ccccc1)c1ccccc1.[Cl-]. The van der Waals surface area contributed by atoms with Gasteiger partial charge in [0.05, 0.1) is 14.2 Å². The topological polar surface area (TPSA) is 67.8 Å². The van der Waals surface area contributed by atoms with Crippen LogP contribution in [0.4, 0.5) is 0 Å². The van der Waals surface area contributed by atoms with E-state index in [2.05, 4.69) is 115 Å². The van der Waals surface area contributed by atoms with E-state index < -0.39 is 19.3 Å². The van der Waals surface area contributed by atoms with Crippen molar-refractivity contribution in [2.45, 2.75) is 25.0 Å². The monoisotopic (exact) mass is 653 g/mol. The molecular weight excluding hydrogens is 613 g/mol. The van der Waals surface area contributed by atoms with Crippen LogP contribution in [0.25, 0.3) is 0 Å². The summed E-state index contributed by atoms with van der Waals surface area (Å²) < 4.78 is 11.0. The van der Waals surface area contributed by atoms with Gasteiger partial charge in [0.1, 0.15) is 46.9 Å². The second-order valence-corrected chi connectivity index (χ2v) is 14.7. The molecule has 0 spiro atoms. The standard InChI is InChI=1S/C26H24OP.C13H17NO3.ClH/c1-27-26-20-12-11-13-22(26)21-28(23-14-5-2-6-15-23,24-16-7-3-8-17-24)25-18-9-4-10-19-25;1-17-12-5-3-2-4-10(12)6-9-7-11(13(15)16)14-8-9;/h2-20H,21H2,1H3;2-5,9,11,14H,6-8H2,1H3,(H,15,16);1H/q+1;;/p-1/t;9-,11-;/m.0./s1. The van der Waals surface area contributed by atoms with Crippen LogP contribution in [0, 0.1) is 5.92 Å². The van der Waals surface area contributed by atoms with Crippen molar-refractivity contribution in [3.8, 4) is 11.5 Å². The molecule has 5 aromatic rings. The molecule has 0 bridgehead atoms. The number of nitrogens with one attached hydrogen (secondary N) is 1. The molecule has 5 nitrogen and oxygen atoms in total. The van der Waals surface area contributed by atoms with E-state index in [1.165, 1.54) is 21.5 Å². The van der Waals surface area contributed by atoms with E-state index in [9.17, 15) is 4.79 Å². The van der Waals surface area contributed by atoms with Gasteiger partial charge in [0, 0.05) is 5.56 Å². The molecule has 6 rings (SSSR count). The van der Waals surface area contributed by atoms with Gasteiger partial charge in [-0.2, -0.15) is 0 Å². The van der Waals surface area contributed by atoms with Crippen LogP contribution >= 0.6 is 7.26 Å². The highest BCUT2D eigenvalue weighted by Crippen LogP contribution is 2.58. The minimum absolute atomic E-state index is 0. The van der Waals surface area contributed by atoms with Crippen molar-refractivity contribution in [3.63, 3.8) is 0 Å². The second-order valence-electron chi connectivity index (χ2n) is 11.2. The smallest absolute Gasteiger partial charge is 0.320 e. The highest BCUT2D eigenvalue weighted by Gasteiger charge is 2.45. The summed E-state index contributed by atoms with van der Waals surface area (Å²) in [6.07, 6.45) is 2.48. The number of rotatable bonds is 10. The van der Waals surface area contributed by atoms with E-state index in [1.54, 1.807) is 14.2 Å². The number of hydrogen-bond acceptors (Lipinski definition) is 4. The summed E-state index contributed by atoms with van der Waals surface area (Å²) >= 11 is 0. The first-order chi connectivity index (χ1) is 22.0. The third-order valence-corrected chi connectivity index (χ3v) is 12.8. The Morgan fingerprint density at radius 1 is 0.674 bits per heavy atom. The molecule has 1 aliphatic heterocycles. The first kappa shape index (κ1) is 34.7. The first-order valence-corrected chi connectivity index (χ1v) is 17.3. The summed E-state index contributed by atoms with van der Waals surface area (Å²) in [7, 11) is 1.52. The van der Waals surface area contributed by atoms with Gasteiger partial charge in [0.25, 0.3) is 0 Å². The van der Waals surface area contributed by atoms with Gasteiger partial charge >= 0.3 is 5.97 Å². The quantitative estimate of drug-likeness (QED) is 0.226. The van der Waals surface area contributed by atoms with Crippen molar-refractivity contribution in [2.24, 2.45) is 5.92 Å². The summed E-state index contributed by atoms with van der Waals surface area (Å²) in [6, 6.07) is 48.8. The van der Waals surface area contributed by atoms with E-state index in [0.717, 1.165) is 36.2 Å². The molecule has 0 aromatic heterocycles. The Kier molecular flexibility index (Phi) is 12.8. The molecule has 46 heavy (non-hydrogen) atoms. The number of ether oxygens (including phenoxy) is 2. The van der Waals surface area contributed by atoms with Crippen molar-refractivity contribution in [1.29, 1.82) is 0 Å². The molecule has 5 aromatic carbocycles. The zero-order valence-corrected chi connectivity index (χ0v) is 27.9. The zero-order valence-electron chi connectivity index (χ0n) is 26.3. The average Bonchev–Trinajstić information content (AvgIpc) is 3.58. The summed E-state index contributed by atoms with van der Waals surface area (Å²) in [4.78, 5) is 10.8. The number of carboxylic acids is 1. The predicted octanol–water partition coefficient (Wildman–Crippen LogP) is 3.49. The largest absolute Gasteiger partial charge is 1.00 e. The number of methoxy groups -OCH3 is 2. The Morgan fingerprint density at radius 2 is 1.09 bits per heavy atom. The number of carboxylic acid groups (broad SMARTS) is 1. The Bertz CT molecular complexity index is 1560. The first-order valence-electron chi connectivity index (χ1n) is 15.3. The van der Waals surface area contributed by atoms with E-state index in [0.29, 0.717) is 12.3 Å². The lowest BCUT2D eigenvalue weighted by atomic mass is 9.96. The fourth-order valence-corrected chi connectivity index (χ4v) is 10.5. The normalized spacial score (nSPS) is 15.5. The molecule has 1 fully saturated rings. The van der Waals surface area contributed by atoms with E-state index >= 15 is 0 Å². The van der Waals surface area contributed by atoms with Gasteiger partial charge in [0.15, 0.2) is 0 Å². The predicted molar refractivity (Wildman–Crippen MR) is 186 cm³/mol. The number of aliphatic carboxylic acids is 1. The maximum Gasteiger partial charge on any atom is 0.320 e. The Labute approximate surface area is 279 Å². The molecule has 0 radical (unpaired) electrons. The van der Waals surface area contributed by atoms with E-state index in [-0.39, 0.29) is 12.4 Å². The molecule has 1 aliphatic rings. The van der Waals surface area contributed by atoms with E-state index in [4.69, 9.17) is 14.6 Å². The average molecular weight is 654 g/mol. The molecule has 0 saturated carbocycles. The summed E-state index contributed by atoms with van der Waals surface area (Å²) in [5.74, 6) is 1.45. The molecule has 0 unspecified atom stereocenters. The lowest BCUT2D eigenvalue weighted by molar-refractivity contribution is -0.139. The van der Waals surface area contributed by atoms with Crippen molar-refractivity contribution >= 4 is 29.1 Å². The number of hydrogen-bond donors (Lipinski definition) is 2. The molecular formula is C39H41ClNO4P. The molecule has 2 atom stereocenters. The van der Waals surface area contributed by atoms with Gasteiger partial charge in [-0.15, -0.1) is 0 Å². The van der Waals surface area contributed by atoms with Gasteiger partial charge in [0.2, 0.25) is 0 Å². The van der Waals surface area contributed by atoms with Gasteiger partial charge in [-0.1, -0.05) is 91.0 Å². The van der Waals surface area contributed by atoms with Crippen molar-refractivity contribution in [3.05, 3.63) is 151 Å². The summed E-state index contributed by atoms with van der Waals surface area (Å²) in [5.41, 5.74) is 2.39. The third kappa shape index (κ3) is 8.16. The van der Waals surface area contributed by atoms with Crippen molar-refractivity contribution in [1.82, 2.24) is 5.32 Å². The van der Waals surface area contributed by atoms with Crippen LogP contribution in [0.3, 0.4) is 0 Å². The van der Waals surface area contributed by atoms with Gasteiger partial charge < -0.3 is 32.3 Å². The minimum atomic E-state index is -1.90. The lowest BCUT2D eigenvalue weighted by Crippen LogP contribution is -3.00. The molecule has 238 valence electrons. The van der Waals surface area contributed by atoms with Gasteiger partial charge in [-0.25, -0.2) is 0 Å². The number of para-hydroxylation sites is 2. The summed E-state index contributed by atoms with van der Waals surface area (Å²) in [6.45, 7) is 0.759. The fourth-order valence-electron chi connectivity index (χ4n) is 6.19. The number of carbonyl (C=O) groups is 1.